The van der Waals surface area contributed by atoms with Gasteiger partial charge < -0.3 is 5.73 Å². The first-order valence-electron chi connectivity index (χ1n) is 4.63. The largest absolute Gasteiger partial charge is 0.399 e. The Balaban J connectivity index is 2.38. The zero-order chi connectivity index (χ0) is 12.2. The third-order valence-corrected chi connectivity index (χ3v) is 2.95. The molecule has 1 nitrogen and oxygen atoms in total. The van der Waals surface area contributed by atoms with Gasteiger partial charge in [-0.25, -0.2) is 4.39 Å². The highest BCUT2D eigenvalue weighted by atomic mass is 32.2. The number of halogens is 4. The Hall–Kier alpha value is -0.910. The fraction of sp³-hybridized carbons (Fsp3) is 0.400. The lowest BCUT2D eigenvalue weighted by molar-refractivity contribution is -0.134. The van der Waals surface area contributed by atoms with Crippen molar-refractivity contribution in [2.75, 3.05) is 11.5 Å². The van der Waals surface area contributed by atoms with Crippen LogP contribution in [0.5, 0.6) is 0 Å². The molecule has 0 aliphatic carbocycles. The second-order valence-corrected chi connectivity index (χ2v) is 4.39. The molecule has 0 heterocycles. The Morgan fingerprint density at radius 3 is 2.50 bits per heavy atom. The van der Waals surface area contributed by atoms with E-state index in [1.807, 2.05) is 0 Å². The van der Waals surface area contributed by atoms with Crippen molar-refractivity contribution < 1.29 is 17.6 Å². The molecule has 1 aromatic carbocycles. The highest BCUT2D eigenvalue weighted by Crippen LogP contribution is 2.27. The average Bonchev–Trinajstić information content (AvgIpc) is 2.13. The summed E-state index contributed by atoms with van der Waals surface area (Å²) in [6, 6.07) is 4.16. The summed E-state index contributed by atoms with van der Waals surface area (Å²) in [6.07, 6.45) is -4.99. The first-order valence-corrected chi connectivity index (χ1v) is 5.61. The van der Waals surface area contributed by atoms with E-state index < -0.39 is 18.4 Å². The number of rotatable bonds is 4. The van der Waals surface area contributed by atoms with Gasteiger partial charge in [0.1, 0.15) is 5.82 Å². The molecule has 0 aliphatic rings. The molecule has 0 fully saturated rings. The molecule has 0 saturated carbocycles. The van der Waals surface area contributed by atoms with Gasteiger partial charge in [0.05, 0.1) is 0 Å². The van der Waals surface area contributed by atoms with Crippen LogP contribution in [0.25, 0.3) is 0 Å². The van der Waals surface area contributed by atoms with E-state index in [4.69, 9.17) is 5.73 Å². The van der Waals surface area contributed by atoms with Crippen molar-refractivity contribution >= 4 is 17.4 Å². The molecule has 2 N–H and O–H groups in total. The molecule has 0 aromatic heterocycles. The molecule has 1 aromatic rings. The first-order chi connectivity index (χ1) is 7.38. The minimum Gasteiger partial charge on any atom is -0.399 e. The van der Waals surface area contributed by atoms with Gasteiger partial charge >= 0.3 is 6.18 Å². The van der Waals surface area contributed by atoms with Crippen LogP contribution in [0, 0.1) is 5.82 Å². The summed E-state index contributed by atoms with van der Waals surface area (Å²) in [7, 11) is 0. The maximum absolute atomic E-state index is 13.2. The standard InChI is InChI=1S/C10H11F4NS/c11-8-6-7(15)2-3-9(8)16-5-1-4-10(12,13)14/h2-3,6H,1,4-5,15H2. The Labute approximate surface area is 95.0 Å². The number of nitrogen functional groups attached to an aromatic ring is 1. The summed E-state index contributed by atoms with van der Waals surface area (Å²) in [5.74, 6) is -0.252. The molecular formula is C10H11F4NS. The van der Waals surface area contributed by atoms with Crippen LogP contribution in [-0.4, -0.2) is 11.9 Å². The number of alkyl halides is 3. The fourth-order valence-electron chi connectivity index (χ4n) is 1.09. The van der Waals surface area contributed by atoms with Crippen LogP contribution < -0.4 is 5.73 Å². The molecule has 0 saturated heterocycles. The van der Waals surface area contributed by atoms with E-state index in [9.17, 15) is 17.6 Å². The molecule has 0 aliphatic heterocycles. The van der Waals surface area contributed by atoms with Crippen LogP contribution in [0.15, 0.2) is 23.1 Å². The average molecular weight is 253 g/mol. The Morgan fingerprint density at radius 2 is 1.94 bits per heavy atom. The van der Waals surface area contributed by atoms with Gasteiger partial charge in [-0.05, 0) is 30.4 Å². The third-order valence-electron chi connectivity index (χ3n) is 1.82. The number of anilines is 1. The van der Waals surface area contributed by atoms with E-state index in [0.29, 0.717) is 10.6 Å². The van der Waals surface area contributed by atoms with Crippen molar-refractivity contribution in [2.45, 2.75) is 23.9 Å². The van der Waals surface area contributed by atoms with Gasteiger partial charge in [-0.1, -0.05) is 0 Å². The third kappa shape index (κ3) is 4.74. The van der Waals surface area contributed by atoms with Gasteiger partial charge in [-0.2, -0.15) is 13.2 Å². The highest BCUT2D eigenvalue weighted by molar-refractivity contribution is 7.99. The van der Waals surface area contributed by atoms with E-state index in [2.05, 4.69) is 0 Å². The summed E-state index contributed by atoms with van der Waals surface area (Å²) < 4.78 is 48.6. The summed E-state index contributed by atoms with van der Waals surface area (Å²) in [5, 5.41) is 0. The van der Waals surface area contributed by atoms with Crippen molar-refractivity contribution in [1.29, 1.82) is 0 Å². The minimum atomic E-state index is -4.14. The van der Waals surface area contributed by atoms with Crippen molar-refractivity contribution in [1.82, 2.24) is 0 Å². The SMILES string of the molecule is Nc1ccc(SCCCC(F)(F)F)c(F)c1. The normalized spacial score (nSPS) is 11.8. The van der Waals surface area contributed by atoms with Gasteiger partial charge in [0.2, 0.25) is 0 Å². The van der Waals surface area contributed by atoms with Gasteiger partial charge in [0, 0.05) is 17.0 Å². The monoisotopic (exact) mass is 253 g/mol. The Kier molecular flexibility index (Phi) is 4.46. The summed E-state index contributed by atoms with van der Waals surface area (Å²) in [5.41, 5.74) is 5.64. The van der Waals surface area contributed by atoms with Gasteiger partial charge in [0.15, 0.2) is 0 Å². The summed E-state index contributed by atoms with van der Waals surface area (Å²) in [6.45, 7) is 0. The van der Waals surface area contributed by atoms with Crippen molar-refractivity contribution in [3.63, 3.8) is 0 Å². The Bertz CT molecular complexity index is 351. The Morgan fingerprint density at radius 1 is 1.25 bits per heavy atom. The van der Waals surface area contributed by atoms with E-state index in [1.54, 1.807) is 0 Å². The maximum atomic E-state index is 13.2. The molecular weight excluding hydrogens is 242 g/mol. The fourth-order valence-corrected chi connectivity index (χ4v) is 1.96. The second-order valence-electron chi connectivity index (χ2n) is 3.26. The van der Waals surface area contributed by atoms with E-state index >= 15 is 0 Å². The van der Waals surface area contributed by atoms with E-state index in [0.717, 1.165) is 17.8 Å². The number of benzene rings is 1. The van der Waals surface area contributed by atoms with Crippen molar-refractivity contribution in [2.24, 2.45) is 0 Å². The number of thioether (sulfide) groups is 1. The summed E-state index contributed by atoms with van der Waals surface area (Å²) >= 11 is 1.07. The first kappa shape index (κ1) is 13.2. The lowest BCUT2D eigenvalue weighted by Crippen LogP contribution is -2.06. The molecule has 0 atom stereocenters. The number of nitrogens with two attached hydrogens (primary N) is 1. The molecule has 0 unspecified atom stereocenters. The van der Waals surface area contributed by atoms with Crippen molar-refractivity contribution in [3.05, 3.63) is 24.0 Å². The molecule has 0 spiro atoms. The lowest BCUT2D eigenvalue weighted by atomic mass is 10.3. The van der Waals surface area contributed by atoms with E-state index in [-0.39, 0.29) is 12.2 Å². The van der Waals surface area contributed by atoms with Crippen LogP contribution >= 0.6 is 11.8 Å². The molecule has 6 heteroatoms. The van der Waals surface area contributed by atoms with Gasteiger partial charge in [-0.3, -0.25) is 0 Å². The van der Waals surface area contributed by atoms with Crippen molar-refractivity contribution in [3.8, 4) is 0 Å². The molecule has 16 heavy (non-hydrogen) atoms. The van der Waals surface area contributed by atoms with Crippen LogP contribution in [-0.2, 0) is 0 Å². The molecule has 1 rings (SSSR count). The second kappa shape index (κ2) is 5.43. The highest BCUT2D eigenvalue weighted by Gasteiger charge is 2.25. The quantitative estimate of drug-likeness (QED) is 0.382. The minimum absolute atomic E-state index is 0.0159. The predicted octanol–water partition coefficient (Wildman–Crippen LogP) is 3.84. The molecule has 0 bridgehead atoms. The lowest BCUT2D eigenvalue weighted by Gasteiger charge is -2.06. The van der Waals surface area contributed by atoms with Crippen LogP contribution in [0.3, 0.4) is 0 Å². The van der Waals surface area contributed by atoms with Crippen LogP contribution in [0.2, 0.25) is 0 Å². The number of hydrogen-bond donors (Lipinski definition) is 1. The summed E-state index contributed by atoms with van der Waals surface area (Å²) in [4.78, 5) is 0.330. The maximum Gasteiger partial charge on any atom is 0.389 e. The van der Waals surface area contributed by atoms with Crippen LogP contribution in [0.4, 0.5) is 23.2 Å². The van der Waals surface area contributed by atoms with E-state index in [1.165, 1.54) is 12.1 Å². The van der Waals surface area contributed by atoms with Gasteiger partial charge in [0.25, 0.3) is 0 Å². The zero-order valence-corrected chi connectivity index (χ0v) is 9.17. The molecule has 0 amide bonds. The number of hydrogen-bond acceptors (Lipinski definition) is 2. The topological polar surface area (TPSA) is 26.0 Å². The molecule has 90 valence electrons. The zero-order valence-electron chi connectivity index (χ0n) is 8.35. The van der Waals surface area contributed by atoms with Crippen LogP contribution in [0.1, 0.15) is 12.8 Å². The predicted molar refractivity (Wildman–Crippen MR) is 56.8 cm³/mol. The molecule has 0 radical (unpaired) electrons. The smallest absolute Gasteiger partial charge is 0.389 e. The van der Waals surface area contributed by atoms with Gasteiger partial charge in [-0.15, -0.1) is 11.8 Å².